The Bertz CT molecular complexity index is 194. The molecule has 1 heterocycles. The fourth-order valence-electron chi connectivity index (χ4n) is 1.93. The lowest BCUT2D eigenvalue weighted by Crippen LogP contribution is -2.29. The first kappa shape index (κ1) is 12.3. The van der Waals surface area contributed by atoms with Gasteiger partial charge in [0.1, 0.15) is 0 Å². The molecule has 15 heavy (non-hydrogen) atoms. The van der Waals surface area contributed by atoms with Crippen molar-refractivity contribution in [3.63, 3.8) is 0 Å². The van der Waals surface area contributed by atoms with E-state index in [2.05, 4.69) is 13.8 Å². The highest BCUT2D eigenvalue weighted by Gasteiger charge is 2.25. The molecule has 1 rings (SSSR count). The molecule has 0 N–H and O–H groups in total. The standard InChI is InChI=1S/C12H23NO2/c1-3-5-6-9-15-12(14)13-8-7-11(4-2)10-13/h11H,3-10H2,1-2H3. The number of amides is 1. The molecule has 0 radical (unpaired) electrons. The smallest absolute Gasteiger partial charge is 0.409 e. The maximum atomic E-state index is 11.6. The number of nitrogens with zero attached hydrogens (tertiary/aromatic N) is 1. The van der Waals surface area contributed by atoms with Gasteiger partial charge < -0.3 is 9.64 Å². The highest BCUT2D eigenvalue weighted by Crippen LogP contribution is 2.19. The van der Waals surface area contributed by atoms with Crippen LogP contribution in [0.15, 0.2) is 0 Å². The van der Waals surface area contributed by atoms with E-state index >= 15 is 0 Å². The lowest BCUT2D eigenvalue weighted by molar-refractivity contribution is 0.107. The van der Waals surface area contributed by atoms with Crippen molar-refractivity contribution in [2.45, 2.75) is 46.0 Å². The topological polar surface area (TPSA) is 29.5 Å². The minimum Gasteiger partial charge on any atom is -0.449 e. The van der Waals surface area contributed by atoms with Gasteiger partial charge >= 0.3 is 6.09 Å². The van der Waals surface area contributed by atoms with Gasteiger partial charge in [0.05, 0.1) is 6.61 Å². The summed E-state index contributed by atoms with van der Waals surface area (Å²) in [6.45, 7) is 6.68. The van der Waals surface area contributed by atoms with Gasteiger partial charge in [-0.1, -0.05) is 33.1 Å². The SMILES string of the molecule is CCCCCOC(=O)N1CCC(CC)C1. The minimum atomic E-state index is -0.109. The Hall–Kier alpha value is -0.730. The van der Waals surface area contributed by atoms with Crippen molar-refractivity contribution in [2.75, 3.05) is 19.7 Å². The number of carbonyl (C=O) groups excluding carboxylic acids is 1. The molecule has 0 aliphatic carbocycles. The normalized spacial score (nSPS) is 20.7. The van der Waals surface area contributed by atoms with Gasteiger partial charge in [0.15, 0.2) is 0 Å². The van der Waals surface area contributed by atoms with Crippen LogP contribution in [0.4, 0.5) is 4.79 Å². The van der Waals surface area contributed by atoms with E-state index in [1.54, 1.807) is 0 Å². The summed E-state index contributed by atoms with van der Waals surface area (Å²) in [6.07, 6.45) is 5.50. The van der Waals surface area contributed by atoms with Crippen LogP contribution in [0.1, 0.15) is 46.0 Å². The molecule has 0 spiro atoms. The van der Waals surface area contributed by atoms with Crippen LogP contribution >= 0.6 is 0 Å². The number of hydrogen-bond donors (Lipinski definition) is 0. The molecule has 1 aliphatic heterocycles. The maximum Gasteiger partial charge on any atom is 0.409 e. The van der Waals surface area contributed by atoms with E-state index in [9.17, 15) is 4.79 Å². The van der Waals surface area contributed by atoms with E-state index in [4.69, 9.17) is 4.74 Å². The number of rotatable bonds is 5. The molecule has 88 valence electrons. The second-order valence-electron chi connectivity index (χ2n) is 4.33. The van der Waals surface area contributed by atoms with E-state index in [1.165, 1.54) is 12.8 Å². The Morgan fingerprint density at radius 1 is 1.40 bits per heavy atom. The predicted molar refractivity (Wildman–Crippen MR) is 60.8 cm³/mol. The van der Waals surface area contributed by atoms with Crippen molar-refractivity contribution < 1.29 is 9.53 Å². The summed E-state index contributed by atoms with van der Waals surface area (Å²) < 4.78 is 5.21. The molecular weight excluding hydrogens is 190 g/mol. The highest BCUT2D eigenvalue weighted by atomic mass is 16.6. The molecule has 0 aromatic rings. The summed E-state index contributed by atoms with van der Waals surface area (Å²) in [5, 5.41) is 0. The lowest BCUT2D eigenvalue weighted by Gasteiger charge is -2.15. The third-order valence-electron chi connectivity index (χ3n) is 3.09. The average Bonchev–Trinajstić information content (AvgIpc) is 2.72. The van der Waals surface area contributed by atoms with Gasteiger partial charge in [-0.25, -0.2) is 4.79 Å². The van der Waals surface area contributed by atoms with E-state index in [1.807, 2.05) is 4.90 Å². The quantitative estimate of drug-likeness (QED) is 0.657. The van der Waals surface area contributed by atoms with E-state index in [0.717, 1.165) is 32.4 Å². The summed E-state index contributed by atoms with van der Waals surface area (Å²) in [4.78, 5) is 13.4. The van der Waals surface area contributed by atoms with Gasteiger partial charge in [0.2, 0.25) is 0 Å². The molecule has 1 fully saturated rings. The third kappa shape index (κ3) is 4.10. The van der Waals surface area contributed by atoms with E-state index in [0.29, 0.717) is 12.5 Å². The van der Waals surface area contributed by atoms with Gasteiger partial charge in [-0.05, 0) is 18.8 Å². The van der Waals surface area contributed by atoms with Crippen LogP contribution in [0, 0.1) is 5.92 Å². The fourth-order valence-corrected chi connectivity index (χ4v) is 1.93. The number of unbranched alkanes of at least 4 members (excludes halogenated alkanes) is 2. The zero-order valence-electron chi connectivity index (χ0n) is 10.00. The number of carbonyl (C=O) groups is 1. The van der Waals surface area contributed by atoms with Crippen LogP contribution in [0.2, 0.25) is 0 Å². The lowest BCUT2D eigenvalue weighted by atomic mass is 10.1. The Balaban J connectivity index is 2.12. The van der Waals surface area contributed by atoms with Crippen molar-refractivity contribution in [1.82, 2.24) is 4.90 Å². The van der Waals surface area contributed by atoms with E-state index < -0.39 is 0 Å². The Morgan fingerprint density at radius 2 is 2.20 bits per heavy atom. The first-order valence-corrected chi connectivity index (χ1v) is 6.19. The number of hydrogen-bond acceptors (Lipinski definition) is 2. The Kier molecular flexibility index (Phi) is 5.51. The maximum absolute atomic E-state index is 11.6. The van der Waals surface area contributed by atoms with Crippen molar-refractivity contribution in [2.24, 2.45) is 5.92 Å². The molecular formula is C12H23NO2. The van der Waals surface area contributed by atoms with Gasteiger partial charge in [-0.15, -0.1) is 0 Å². The zero-order valence-corrected chi connectivity index (χ0v) is 10.00. The Morgan fingerprint density at radius 3 is 2.80 bits per heavy atom. The third-order valence-corrected chi connectivity index (χ3v) is 3.09. The molecule has 3 heteroatoms. The monoisotopic (exact) mass is 213 g/mol. The van der Waals surface area contributed by atoms with Crippen LogP contribution in [0.3, 0.4) is 0 Å². The summed E-state index contributed by atoms with van der Waals surface area (Å²) in [6, 6.07) is 0. The fraction of sp³-hybridized carbons (Fsp3) is 0.917. The molecule has 1 unspecified atom stereocenters. The molecule has 0 saturated carbocycles. The van der Waals surface area contributed by atoms with Gasteiger partial charge in [0, 0.05) is 13.1 Å². The summed E-state index contributed by atoms with van der Waals surface area (Å²) in [5.41, 5.74) is 0. The molecule has 3 nitrogen and oxygen atoms in total. The molecule has 1 saturated heterocycles. The van der Waals surface area contributed by atoms with Crippen LogP contribution < -0.4 is 0 Å². The van der Waals surface area contributed by atoms with Crippen molar-refractivity contribution in [3.05, 3.63) is 0 Å². The van der Waals surface area contributed by atoms with Crippen LogP contribution in [0.25, 0.3) is 0 Å². The first-order valence-electron chi connectivity index (χ1n) is 6.19. The Labute approximate surface area is 92.8 Å². The molecule has 0 aromatic heterocycles. The number of ether oxygens (including phenoxy) is 1. The van der Waals surface area contributed by atoms with Crippen LogP contribution in [-0.4, -0.2) is 30.7 Å². The van der Waals surface area contributed by atoms with Crippen molar-refractivity contribution in [3.8, 4) is 0 Å². The molecule has 0 bridgehead atoms. The van der Waals surface area contributed by atoms with Gasteiger partial charge in [0.25, 0.3) is 0 Å². The summed E-state index contributed by atoms with van der Waals surface area (Å²) in [7, 11) is 0. The minimum absolute atomic E-state index is 0.109. The average molecular weight is 213 g/mol. The molecule has 1 aliphatic rings. The first-order chi connectivity index (χ1) is 7.27. The van der Waals surface area contributed by atoms with E-state index in [-0.39, 0.29) is 6.09 Å². The van der Waals surface area contributed by atoms with Crippen molar-refractivity contribution >= 4 is 6.09 Å². The van der Waals surface area contributed by atoms with Crippen molar-refractivity contribution in [1.29, 1.82) is 0 Å². The number of likely N-dealkylation sites (tertiary alicyclic amines) is 1. The second-order valence-corrected chi connectivity index (χ2v) is 4.33. The van der Waals surface area contributed by atoms with Crippen LogP contribution in [-0.2, 0) is 4.74 Å². The van der Waals surface area contributed by atoms with Gasteiger partial charge in [-0.2, -0.15) is 0 Å². The predicted octanol–water partition coefficient (Wildman–Crippen LogP) is 3.05. The van der Waals surface area contributed by atoms with Gasteiger partial charge in [-0.3, -0.25) is 0 Å². The molecule has 0 aromatic carbocycles. The summed E-state index contributed by atoms with van der Waals surface area (Å²) in [5.74, 6) is 0.688. The molecule has 1 amide bonds. The molecule has 1 atom stereocenters. The second kappa shape index (κ2) is 6.70. The summed E-state index contributed by atoms with van der Waals surface area (Å²) >= 11 is 0. The largest absolute Gasteiger partial charge is 0.449 e. The van der Waals surface area contributed by atoms with Crippen LogP contribution in [0.5, 0.6) is 0 Å². The zero-order chi connectivity index (χ0) is 11.1. The highest BCUT2D eigenvalue weighted by molar-refractivity contribution is 5.67.